The molecule has 0 N–H and O–H groups in total. The van der Waals surface area contributed by atoms with E-state index in [9.17, 15) is 9.18 Å². The first-order chi connectivity index (χ1) is 14.6. The molecular weight excluding hydrogens is 427 g/mol. The number of aryl methyl sites for hydroxylation is 1. The standard InChI is InChI=1S/C21H18ClFN4O2S/c1-29-17-7-6-14(22)12-15(17)20(28)27(10-3-9-26-11-8-24-13-26)21-25-19-16(23)4-2-5-18(19)30-21/h2,4-8,11-13H,3,9-10H2,1H3. The highest BCUT2D eigenvalue weighted by Gasteiger charge is 2.24. The second-order valence-electron chi connectivity index (χ2n) is 6.54. The number of anilines is 1. The van der Waals surface area contributed by atoms with Crippen LogP contribution in [-0.4, -0.2) is 34.1 Å². The number of halogens is 2. The normalized spacial score (nSPS) is 11.0. The molecule has 2 aromatic heterocycles. The van der Waals surface area contributed by atoms with Crippen molar-refractivity contribution in [3.63, 3.8) is 0 Å². The number of para-hydroxylation sites is 1. The number of thiazole rings is 1. The Bertz CT molecular complexity index is 1180. The van der Waals surface area contributed by atoms with Crippen molar-refractivity contribution < 1.29 is 13.9 Å². The summed E-state index contributed by atoms with van der Waals surface area (Å²) in [6.45, 7) is 1.06. The minimum absolute atomic E-state index is 0.253. The molecular formula is C21H18ClFN4O2S. The van der Waals surface area contributed by atoms with Gasteiger partial charge in [0.05, 0.1) is 23.7 Å². The van der Waals surface area contributed by atoms with Crippen molar-refractivity contribution in [1.29, 1.82) is 0 Å². The lowest BCUT2D eigenvalue weighted by Gasteiger charge is -2.21. The first kappa shape index (κ1) is 20.3. The SMILES string of the molecule is COc1ccc(Cl)cc1C(=O)N(CCCn1ccnc1)c1nc2c(F)cccc2s1. The molecule has 0 radical (unpaired) electrons. The molecule has 1 amide bonds. The van der Waals surface area contributed by atoms with Gasteiger partial charge in [-0.2, -0.15) is 0 Å². The molecule has 0 aliphatic rings. The van der Waals surface area contributed by atoms with Gasteiger partial charge in [-0.25, -0.2) is 14.4 Å². The molecule has 0 atom stereocenters. The van der Waals surface area contributed by atoms with Gasteiger partial charge in [-0.3, -0.25) is 9.69 Å². The van der Waals surface area contributed by atoms with E-state index in [4.69, 9.17) is 16.3 Å². The molecule has 9 heteroatoms. The molecule has 4 rings (SSSR count). The predicted octanol–water partition coefficient (Wildman–Crippen LogP) is 5.03. The maximum atomic E-state index is 14.2. The van der Waals surface area contributed by atoms with Crippen molar-refractivity contribution in [2.45, 2.75) is 13.0 Å². The number of aromatic nitrogens is 3. The maximum Gasteiger partial charge on any atom is 0.263 e. The zero-order valence-electron chi connectivity index (χ0n) is 16.1. The minimum Gasteiger partial charge on any atom is -0.496 e. The van der Waals surface area contributed by atoms with Gasteiger partial charge in [0.15, 0.2) is 5.13 Å². The minimum atomic E-state index is -0.416. The zero-order valence-corrected chi connectivity index (χ0v) is 17.7. The fraction of sp³-hybridized carbons (Fsp3) is 0.190. The van der Waals surface area contributed by atoms with Crippen molar-refractivity contribution in [1.82, 2.24) is 14.5 Å². The van der Waals surface area contributed by atoms with Crippen molar-refractivity contribution in [2.24, 2.45) is 0 Å². The summed E-state index contributed by atoms with van der Waals surface area (Å²) in [6, 6.07) is 9.65. The van der Waals surface area contributed by atoms with E-state index in [0.29, 0.717) is 45.7 Å². The zero-order chi connectivity index (χ0) is 21.1. The Morgan fingerprint density at radius 2 is 2.20 bits per heavy atom. The summed E-state index contributed by atoms with van der Waals surface area (Å²) in [5.74, 6) is -0.308. The Hall–Kier alpha value is -2.97. The maximum absolute atomic E-state index is 14.2. The average Bonchev–Trinajstić information content (AvgIpc) is 3.41. The highest BCUT2D eigenvalue weighted by atomic mass is 35.5. The predicted molar refractivity (Wildman–Crippen MR) is 116 cm³/mol. The van der Waals surface area contributed by atoms with Crippen LogP contribution in [-0.2, 0) is 6.54 Å². The highest BCUT2D eigenvalue weighted by molar-refractivity contribution is 7.22. The third kappa shape index (κ3) is 4.15. The lowest BCUT2D eigenvalue weighted by molar-refractivity contribution is 0.0983. The van der Waals surface area contributed by atoms with Gasteiger partial charge in [-0.1, -0.05) is 29.0 Å². The van der Waals surface area contributed by atoms with Crippen LogP contribution in [0, 0.1) is 5.82 Å². The van der Waals surface area contributed by atoms with Gasteiger partial charge >= 0.3 is 0 Å². The summed E-state index contributed by atoms with van der Waals surface area (Å²) < 4.78 is 22.2. The second-order valence-corrected chi connectivity index (χ2v) is 7.98. The van der Waals surface area contributed by atoms with E-state index in [1.807, 2.05) is 10.8 Å². The summed E-state index contributed by atoms with van der Waals surface area (Å²) in [7, 11) is 1.50. The van der Waals surface area contributed by atoms with E-state index in [-0.39, 0.29) is 11.4 Å². The summed E-state index contributed by atoms with van der Waals surface area (Å²) in [5, 5.41) is 0.848. The van der Waals surface area contributed by atoms with Crippen LogP contribution in [0.15, 0.2) is 55.1 Å². The van der Waals surface area contributed by atoms with Crippen LogP contribution < -0.4 is 9.64 Å². The molecule has 0 unspecified atom stereocenters. The molecule has 4 aromatic rings. The molecule has 2 heterocycles. The van der Waals surface area contributed by atoms with Gasteiger partial charge in [0.2, 0.25) is 0 Å². The summed E-state index contributed by atoms with van der Waals surface area (Å²) >= 11 is 7.40. The van der Waals surface area contributed by atoms with Gasteiger partial charge in [-0.15, -0.1) is 0 Å². The Kier molecular flexibility index (Phi) is 5.96. The van der Waals surface area contributed by atoms with E-state index in [2.05, 4.69) is 9.97 Å². The molecule has 0 aliphatic carbocycles. The quantitative estimate of drug-likeness (QED) is 0.401. The number of amides is 1. The monoisotopic (exact) mass is 444 g/mol. The van der Waals surface area contributed by atoms with Crippen LogP contribution in [0.3, 0.4) is 0 Å². The molecule has 0 spiro atoms. The summed E-state index contributed by atoms with van der Waals surface area (Å²) in [4.78, 5) is 23.5. The number of imidazole rings is 1. The van der Waals surface area contributed by atoms with Crippen molar-refractivity contribution in [3.05, 3.63) is 71.5 Å². The third-order valence-electron chi connectivity index (χ3n) is 4.58. The van der Waals surface area contributed by atoms with Crippen LogP contribution in [0.5, 0.6) is 5.75 Å². The van der Waals surface area contributed by atoms with E-state index >= 15 is 0 Å². The molecule has 0 saturated heterocycles. The number of nitrogens with zero attached hydrogens (tertiary/aromatic N) is 4. The van der Waals surface area contributed by atoms with Crippen molar-refractivity contribution in [2.75, 3.05) is 18.6 Å². The number of benzene rings is 2. The van der Waals surface area contributed by atoms with Crippen molar-refractivity contribution >= 4 is 44.2 Å². The third-order valence-corrected chi connectivity index (χ3v) is 5.86. The fourth-order valence-electron chi connectivity index (χ4n) is 3.13. The van der Waals surface area contributed by atoms with Crippen LogP contribution in [0.2, 0.25) is 5.02 Å². The van der Waals surface area contributed by atoms with Gasteiger partial charge in [0.1, 0.15) is 17.1 Å². The number of hydrogen-bond acceptors (Lipinski definition) is 5. The topological polar surface area (TPSA) is 60.2 Å². The summed E-state index contributed by atoms with van der Waals surface area (Å²) in [6.07, 6.45) is 5.94. The second kappa shape index (κ2) is 8.81. The lowest BCUT2D eigenvalue weighted by atomic mass is 10.1. The number of fused-ring (bicyclic) bond motifs is 1. The van der Waals surface area contributed by atoms with E-state index in [1.165, 1.54) is 24.5 Å². The Morgan fingerprint density at radius 1 is 1.33 bits per heavy atom. The number of carbonyl (C=O) groups is 1. The average molecular weight is 445 g/mol. The Balaban J connectivity index is 1.69. The highest BCUT2D eigenvalue weighted by Crippen LogP contribution is 2.33. The summed E-state index contributed by atoms with van der Waals surface area (Å²) in [5.41, 5.74) is 0.579. The number of hydrogen-bond donors (Lipinski definition) is 0. The van der Waals surface area contributed by atoms with Crippen molar-refractivity contribution in [3.8, 4) is 5.75 Å². The number of ether oxygens (including phenoxy) is 1. The van der Waals surface area contributed by atoms with E-state index in [1.54, 1.807) is 47.8 Å². The molecule has 0 aliphatic heterocycles. The molecule has 30 heavy (non-hydrogen) atoms. The molecule has 0 bridgehead atoms. The molecule has 0 saturated carbocycles. The number of methoxy groups -OCH3 is 1. The van der Waals surface area contributed by atoms with Gasteiger partial charge in [-0.05, 0) is 36.8 Å². The van der Waals surface area contributed by atoms with Crippen LogP contribution in [0.25, 0.3) is 10.2 Å². The molecule has 2 aromatic carbocycles. The Labute approximate surface area is 181 Å². The van der Waals surface area contributed by atoms with E-state index in [0.717, 1.165) is 0 Å². The largest absolute Gasteiger partial charge is 0.496 e. The van der Waals surface area contributed by atoms with Crippen LogP contribution >= 0.6 is 22.9 Å². The molecule has 0 fully saturated rings. The fourth-order valence-corrected chi connectivity index (χ4v) is 4.30. The first-order valence-corrected chi connectivity index (χ1v) is 10.4. The molecule has 6 nitrogen and oxygen atoms in total. The van der Waals surface area contributed by atoms with Gasteiger partial charge < -0.3 is 9.30 Å². The van der Waals surface area contributed by atoms with Crippen LogP contribution in [0.4, 0.5) is 9.52 Å². The smallest absolute Gasteiger partial charge is 0.263 e. The van der Waals surface area contributed by atoms with Gasteiger partial charge in [0.25, 0.3) is 5.91 Å². The van der Waals surface area contributed by atoms with E-state index < -0.39 is 5.82 Å². The molecule has 154 valence electrons. The first-order valence-electron chi connectivity index (χ1n) is 9.23. The van der Waals surface area contributed by atoms with Gasteiger partial charge in [0, 0.05) is 30.5 Å². The lowest BCUT2D eigenvalue weighted by Crippen LogP contribution is -2.32. The van der Waals surface area contributed by atoms with Crippen LogP contribution in [0.1, 0.15) is 16.8 Å². The number of carbonyl (C=O) groups excluding carboxylic acids is 1. The number of rotatable bonds is 7. The Morgan fingerprint density at radius 3 is 2.93 bits per heavy atom.